The first-order valence-corrected chi connectivity index (χ1v) is 10.3. The summed E-state index contributed by atoms with van der Waals surface area (Å²) in [5, 5.41) is 3.12. The number of sulfonamides is 1. The van der Waals surface area contributed by atoms with Crippen LogP contribution in [-0.2, 0) is 14.8 Å². The molecule has 0 radical (unpaired) electrons. The lowest BCUT2D eigenvalue weighted by Crippen LogP contribution is -2.48. The molecule has 27 heavy (non-hydrogen) atoms. The summed E-state index contributed by atoms with van der Waals surface area (Å²) in [5.74, 6) is 0.289. The monoisotopic (exact) mass is 410 g/mol. The molecule has 144 valence electrons. The second-order valence-electron chi connectivity index (χ2n) is 6.21. The molecular formula is C18H19ClN2O5S. The number of rotatable bonds is 4. The SMILES string of the molecule is COc1ccc(C)cc1NC(=O)[C@@H]1CN(S(C)(=O)=O)c2cc(Cl)ccc2O1. The largest absolute Gasteiger partial charge is 0.495 e. The molecule has 0 aliphatic carbocycles. The predicted octanol–water partition coefficient (Wildman–Crippen LogP) is 2.82. The Labute approximate surface area is 162 Å². The topological polar surface area (TPSA) is 84.9 Å². The Morgan fingerprint density at radius 2 is 2.04 bits per heavy atom. The van der Waals surface area contributed by atoms with Gasteiger partial charge in [0.2, 0.25) is 10.0 Å². The minimum Gasteiger partial charge on any atom is -0.495 e. The number of anilines is 2. The fraction of sp³-hybridized carbons (Fsp3) is 0.278. The normalized spacial score (nSPS) is 16.3. The highest BCUT2D eigenvalue weighted by Gasteiger charge is 2.35. The smallest absolute Gasteiger partial charge is 0.267 e. The number of halogens is 1. The van der Waals surface area contributed by atoms with E-state index in [9.17, 15) is 13.2 Å². The van der Waals surface area contributed by atoms with Gasteiger partial charge in [-0.15, -0.1) is 0 Å². The molecular weight excluding hydrogens is 392 g/mol. The molecule has 1 N–H and O–H groups in total. The number of aryl methyl sites for hydroxylation is 1. The summed E-state index contributed by atoms with van der Waals surface area (Å²) in [6.45, 7) is 1.73. The molecule has 0 saturated carbocycles. The molecule has 0 bridgehead atoms. The summed E-state index contributed by atoms with van der Waals surface area (Å²) in [5.41, 5.74) is 1.73. The molecule has 0 aromatic heterocycles. The van der Waals surface area contributed by atoms with Crippen LogP contribution in [0.2, 0.25) is 5.02 Å². The van der Waals surface area contributed by atoms with E-state index in [4.69, 9.17) is 21.1 Å². The van der Waals surface area contributed by atoms with Gasteiger partial charge in [-0.1, -0.05) is 17.7 Å². The number of hydrogen-bond donors (Lipinski definition) is 1. The fourth-order valence-corrected chi connectivity index (χ4v) is 3.88. The number of amides is 1. The van der Waals surface area contributed by atoms with Crippen molar-refractivity contribution in [2.45, 2.75) is 13.0 Å². The number of benzene rings is 2. The van der Waals surface area contributed by atoms with E-state index < -0.39 is 22.0 Å². The zero-order valence-corrected chi connectivity index (χ0v) is 16.6. The standard InChI is InChI=1S/C18H19ClN2O5S/c1-11-4-6-15(25-2)13(8-11)20-18(22)17-10-21(27(3,23)24)14-9-12(19)5-7-16(14)26-17/h4-9,17H,10H2,1-3H3,(H,20,22)/t17-/m0/s1. The van der Waals surface area contributed by atoms with Gasteiger partial charge in [0.05, 0.1) is 31.3 Å². The molecule has 3 rings (SSSR count). The van der Waals surface area contributed by atoms with Crippen molar-refractivity contribution in [2.24, 2.45) is 0 Å². The summed E-state index contributed by atoms with van der Waals surface area (Å²) >= 11 is 5.98. The Kier molecular flexibility index (Phi) is 5.21. The maximum Gasteiger partial charge on any atom is 0.267 e. The predicted molar refractivity (Wildman–Crippen MR) is 104 cm³/mol. The first-order valence-electron chi connectivity index (χ1n) is 8.08. The molecule has 1 heterocycles. The van der Waals surface area contributed by atoms with Crippen LogP contribution in [0.4, 0.5) is 11.4 Å². The van der Waals surface area contributed by atoms with E-state index in [1.165, 1.54) is 13.2 Å². The number of carbonyl (C=O) groups excluding carboxylic acids is 1. The third-order valence-corrected chi connectivity index (χ3v) is 5.48. The Hall–Kier alpha value is -2.45. The molecule has 0 unspecified atom stereocenters. The van der Waals surface area contributed by atoms with Gasteiger partial charge in [-0.3, -0.25) is 9.10 Å². The lowest BCUT2D eigenvalue weighted by Gasteiger charge is -2.34. The number of fused-ring (bicyclic) bond motifs is 1. The van der Waals surface area contributed by atoms with Crippen molar-refractivity contribution in [1.29, 1.82) is 0 Å². The quantitative estimate of drug-likeness (QED) is 0.837. The lowest BCUT2D eigenvalue weighted by molar-refractivity contribution is -0.122. The van der Waals surface area contributed by atoms with E-state index in [1.54, 1.807) is 24.3 Å². The van der Waals surface area contributed by atoms with Gasteiger partial charge in [0, 0.05) is 5.02 Å². The molecule has 1 aliphatic heterocycles. The summed E-state index contributed by atoms with van der Waals surface area (Å²) in [4.78, 5) is 12.8. The van der Waals surface area contributed by atoms with Crippen molar-refractivity contribution in [3.05, 3.63) is 47.0 Å². The summed E-state index contributed by atoms with van der Waals surface area (Å²) in [6.07, 6.45) is 0.0419. The fourth-order valence-electron chi connectivity index (χ4n) is 2.81. The van der Waals surface area contributed by atoms with E-state index in [0.29, 0.717) is 22.1 Å². The van der Waals surface area contributed by atoms with Gasteiger partial charge in [-0.2, -0.15) is 0 Å². The minimum absolute atomic E-state index is 0.161. The van der Waals surface area contributed by atoms with Gasteiger partial charge >= 0.3 is 0 Å². The summed E-state index contributed by atoms with van der Waals surface area (Å²) in [7, 11) is -2.12. The maximum absolute atomic E-state index is 12.8. The maximum atomic E-state index is 12.8. The molecule has 2 aromatic rings. The van der Waals surface area contributed by atoms with E-state index >= 15 is 0 Å². The number of nitrogens with zero attached hydrogens (tertiary/aromatic N) is 1. The molecule has 0 fully saturated rings. The number of nitrogens with one attached hydrogen (secondary N) is 1. The van der Waals surface area contributed by atoms with Crippen LogP contribution in [0.25, 0.3) is 0 Å². The average Bonchev–Trinajstić information content (AvgIpc) is 2.60. The molecule has 0 saturated heterocycles. The number of carbonyl (C=O) groups is 1. The van der Waals surface area contributed by atoms with Gasteiger partial charge in [-0.05, 0) is 42.8 Å². The van der Waals surface area contributed by atoms with Crippen LogP contribution in [0.5, 0.6) is 11.5 Å². The Morgan fingerprint density at radius 3 is 2.70 bits per heavy atom. The molecule has 1 atom stereocenters. The first-order chi connectivity index (χ1) is 12.7. The highest BCUT2D eigenvalue weighted by molar-refractivity contribution is 7.92. The van der Waals surface area contributed by atoms with E-state index in [1.807, 2.05) is 13.0 Å². The van der Waals surface area contributed by atoms with Crippen molar-refractivity contribution in [1.82, 2.24) is 0 Å². The molecule has 0 spiro atoms. The van der Waals surface area contributed by atoms with Crippen LogP contribution in [-0.4, -0.2) is 40.3 Å². The average molecular weight is 411 g/mol. The van der Waals surface area contributed by atoms with Crippen LogP contribution < -0.4 is 19.1 Å². The van der Waals surface area contributed by atoms with Gasteiger partial charge < -0.3 is 14.8 Å². The molecule has 9 heteroatoms. The molecule has 1 aliphatic rings. The van der Waals surface area contributed by atoms with Gasteiger partial charge in [0.25, 0.3) is 5.91 Å². The number of hydrogen-bond acceptors (Lipinski definition) is 5. The minimum atomic E-state index is -3.62. The van der Waals surface area contributed by atoms with E-state index in [2.05, 4.69) is 5.32 Å². The van der Waals surface area contributed by atoms with Crippen molar-refractivity contribution >= 4 is 38.9 Å². The first kappa shape index (κ1) is 19.3. The lowest BCUT2D eigenvalue weighted by atomic mass is 10.2. The van der Waals surface area contributed by atoms with E-state index in [-0.39, 0.29) is 12.3 Å². The zero-order chi connectivity index (χ0) is 19.8. The van der Waals surface area contributed by atoms with Gasteiger partial charge in [0.15, 0.2) is 6.10 Å². The van der Waals surface area contributed by atoms with Crippen molar-refractivity contribution in [3.8, 4) is 11.5 Å². The third kappa shape index (κ3) is 4.12. The van der Waals surface area contributed by atoms with Crippen LogP contribution >= 0.6 is 11.6 Å². The van der Waals surface area contributed by atoms with Crippen LogP contribution in [0.15, 0.2) is 36.4 Å². The van der Waals surface area contributed by atoms with Crippen molar-refractivity contribution in [2.75, 3.05) is 29.5 Å². The Balaban J connectivity index is 1.91. The van der Waals surface area contributed by atoms with Crippen molar-refractivity contribution in [3.63, 3.8) is 0 Å². The van der Waals surface area contributed by atoms with Gasteiger partial charge in [0.1, 0.15) is 11.5 Å². The van der Waals surface area contributed by atoms with E-state index in [0.717, 1.165) is 16.1 Å². The molecule has 2 aromatic carbocycles. The zero-order valence-electron chi connectivity index (χ0n) is 15.0. The van der Waals surface area contributed by atoms with Crippen LogP contribution in [0.3, 0.4) is 0 Å². The van der Waals surface area contributed by atoms with Gasteiger partial charge in [-0.25, -0.2) is 8.42 Å². The Morgan fingerprint density at radius 1 is 1.30 bits per heavy atom. The molecule has 7 nitrogen and oxygen atoms in total. The Bertz CT molecular complexity index is 993. The van der Waals surface area contributed by atoms with Crippen LogP contribution in [0.1, 0.15) is 5.56 Å². The highest BCUT2D eigenvalue weighted by atomic mass is 35.5. The van der Waals surface area contributed by atoms with Crippen LogP contribution in [0, 0.1) is 6.92 Å². The summed E-state index contributed by atoms with van der Waals surface area (Å²) in [6, 6.07) is 9.98. The second kappa shape index (κ2) is 7.28. The van der Waals surface area contributed by atoms with Crippen molar-refractivity contribution < 1.29 is 22.7 Å². The second-order valence-corrected chi connectivity index (χ2v) is 8.55. The molecule has 1 amide bonds. The number of ether oxygens (including phenoxy) is 2. The number of methoxy groups -OCH3 is 1. The summed E-state index contributed by atoms with van der Waals surface area (Å²) < 4.78 is 36.5. The third-order valence-electron chi connectivity index (χ3n) is 4.10. The highest BCUT2D eigenvalue weighted by Crippen LogP contribution is 2.37.